The van der Waals surface area contributed by atoms with Crippen LogP contribution in [-0.2, 0) is 0 Å². The highest BCUT2D eigenvalue weighted by atomic mass is 79.9. The lowest BCUT2D eigenvalue weighted by Crippen LogP contribution is -2.17. The van der Waals surface area contributed by atoms with Gasteiger partial charge in [-0.25, -0.2) is 0 Å². The molecule has 0 amide bonds. The van der Waals surface area contributed by atoms with Crippen LogP contribution in [0.25, 0.3) is 11.3 Å². The summed E-state index contributed by atoms with van der Waals surface area (Å²) in [5.74, 6) is 0.479. The molecule has 0 saturated carbocycles. The number of benzene rings is 2. The van der Waals surface area contributed by atoms with Crippen LogP contribution in [-0.4, -0.2) is 27.7 Å². The maximum Gasteiger partial charge on any atom is 0.247 e. The molecular formula is C18H15BrN4OS2. The minimum atomic E-state index is -0.363. The van der Waals surface area contributed by atoms with Crippen molar-refractivity contribution < 1.29 is 4.74 Å². The molecule has 2 heterocycles. The van der Waals surface area contributed by atoms with Crippen LogP contribution in [0.3, 0.4) is 0 Å². The Kier molecular flexibility index (Phi) is 5.06. The van der Waals surface area contributed by atoms with Crippen LogP contribution in [0, 0.1) is 0 Å². The zero-order valence-corrected chi connectivity index (χ0v) is 17.3. The fraction of sp³-hybridized carbons (Fsp3) is 0.167. The monoisotopic (exact) mass is 446 g/mol. The van der Waals surface area contributed by atoms with Gasteiger partial charge in [0.1, 0.15) is 0 Å². The van der Waals surface area contributed by atoms with E-state index < -0.39 is 0 Å². The van der Waals surface area contributed by atoms with Crippen molar-refractivity contribution in [1.82, 2.24) is 15.2 Å². The molecule has 0 bridgehead atoms. The van der Waals surface area contributed by atoms with Crippen molar-refractivity contribution in [2.45, 2.75) is 16.3 Å². The maximum absolute atomic E-state index is 6.22. The summed E-state index contributed by atoms with van der Waals surface area (Å²) in [6, 6.07) is 14.3. The van der Waals surface area contributed by atoms with Gasteiger partial charge < -0.3 is 10.1 Å². The highest BCUT2D eigenvalue weighted by Gasteiger charge is 2.26. The lowest BCUT2D eigenvalue weighted by Gasteiger charge is -2.19. The van der Waals surface area contributed by atoms with E-state index in [0.717, 1.165) is 21.3 Å². The molecule has 0 spiro atoms. The van der Waals surface area contributed by atoms with Gasteiger partial charge in [0.25, 0.3) is 0 Å². The molecule has 1 aliphatic heterocycles. The Morgan fingerprint density at radius 3 is 2.58 bits per heavy atom. The zero-order valence-electron chi connectivity index (χ0n) is 14.1. The van der Waals surface area contributed by atoms with Crippen LogP contribution in [0.5, 0.6) is 5.88 Å². The van der Waals surface area contributed by atoms with Crippen LogP contribution in [0.2, 0.25) is 0 Å². The van der Waals surface area contributed by atoms with Crippen molar-refractivity contribution in [3.05, 3.63) is 52.5 Å². The molecule has 5 nitrogen and oxygen atoms in total. The Balaban J connectivity index is 1.83. The fourth-order valence-electron chi connectivity index (χ4n) is 2.69. The average molecular weight is 447 g/mol. The van der Waals surface area contributed by atoms with E-state index in [0.29, 0.717) is 16.7 Å². The molecule has 8 heteroatoms. The first kappa shape index (κ1) is 17.6. The maximum atomic E-state index is 6.22. The molecule has 1 atom stereocenters. The number of nitrogens with zero attached hydrogens (tertiary/aromatic N) is 3. The van der Waals surface area contributed by atoms with Crippen molar-refractivity contribution in [3.63, 3.8) is 0 Å². The lowest BCUT2D eigenvalue weighted by atomic mass is 10.1. The second kappa shape index (κ2) is 7.46. The van der Waals surface area contributed by atoms with Crippen LogP contribution in [0.15, 0.2) is 57.0 Å². The van der Waals surface area contributed by atoms with Gasteiger partial charge in [0.05, 0.1) is 0 Å². The minimum Gasteiger partial charge on any atom is -0.448 e. The molecule has 1 aromatic heterocycles. The van der Waals surface area contributed by atoms with E-state index in [9.17, 15) is 0 Å². The first-order valence-electron chi connectivity index (χ1n) is 7.83. The van der Waals surface area contributed by atoms with Crippen LogP contribution >= 0.6 is 39.5 Å². The highest BCUT2D eigenvalue weighted by molar-refractivity contribution is 9.10. The van der Waals surface area contributed by atoms with Crippen molar-refractivity contribution in [2.75, 3.05) is 17.8 Å². The van der Waals surface area contributed by atoms with Crippen LogP contribution < -0.4 is 10.1 Å². The number of thioether (sulfide) groups is 2. The summed E-state index contributed by atoms with van der Waals surface area (Å²) in [6.45, 7) is 0. The van der Waals surface area contributed by atoms with Gasteiger partial charge in [-0.2, -0.15) is 4.98 Å². The van der Waals surface area contributed by atoms with Crippen molar-refractivity contribution in [1.29, 1.82) is 0 Å². The Labute approximate surface area is 168 Å². The van der Waals surface area contributed by atoms with Gasteiger partial charge in [-0.05, 0) is 42.8 Å². The molecule has 1 aliphatic rings. The molecule has 132 valence electrons. The van der Waals surface area contributed by atoms with Crippen LogP contribution in [0.4, 0.5) is 5.69 Å². The van der Waals surface area contributed by atoms with E-state index >= 15 is 0 Å². The van der Waals surface area contributed by atoms with Crippen molar-refractivity contribution in [3.8, 4) is 17.1 Å². The topological polar surface area (TPSA) is 59.9 Å². The van der Waals surface area contributed by atoms with E-state index in [1.165, 1.54) is 16.7 Å². The lowest BCUT2D eigenvalue weighted by molar-refractivity contribution is 0.225. The Morgan fingerprint density at radius 2 is 1.85 bits per heavy atom. The number of rotatable bonds is 3. The molecule has 0 unspecified atom stereocenters. The zero-order chi connectivity index (χ0) is 18.1. The minimum absolute atomic E-state index is 0.363. The molecule has 2 aromatic carbocycles. The second-order valence-electron chi connectivity index (χ2n) is 5.56. The summed E-state index contributed by atoms with van der Waals surface area (Å²) < 4.78 is 7.18. The molecular weight excluding hydrogens is 432 g/mol. The summed E-state index contributed by atoms with van der Waals surface area (Å²) in [5.41, 5.74) is 3.49. The number of nitrogens with one attached hydrogen (secondary N) is 1. The predicted molar refractivity (Wildman–Crippen MR) is 110 cm³/mol. The average Bonchev–Trinajstić information content (AvgIpc) is 2.84. The molecule has 0 fully saturated rings. The van der Waals surface area contributed by atoms with Gasteiger partial charge in [-0.1, -0.05) is 39.8 Å². The Hall–Kier alpha value is -1.77. The third kappa shape index (κ3) is 3.41. The highest BCUT2D eigenvalue weighted by Crippen LogP contribution is 2.40. The third-order valence-corrected chi connectivity index (χ3v) is 5.76. The molecule has 4 rings (SSSR count). The molecule has 0 saturated heterocycles. The molecule has 26 heavy (non-hydrogen) atoms. The van der Waals surface area contributed by atoms with Gasteiger partial charge in [0.2, 0.25) is 11.0 Å². The van der Waals surface area contributed by atoms with E-state index in [1.54, 1.807) is 11.8 Å². The Bertz CT molecular complexity index is 952. The molecule has 1 N–H and O–H groups in total. The number of anilines is 1. The number of ether oxygens (including phenoxy) is 1. The number of hydrogen-bond acceptors (Lipinski definition) is 7. The number of fused-ring (bicyclic) bond motifs is 3. The smallest absolute Gasteiger partial charge is 0.247 e. The van der Waals surface area contributed by atoms with Crippen molar-refractivity contribution >= 4 is 45.1 Å². The quantitative estimate of drug-likeness (QED) is 0.551. The first-order chi connectivity index (χ1) is 12.7. The number of hydrogen-bond donors (Lipinski definition) is 1. The molecule has 0 radical (unpaired) electrons. The largest absolute Gasteiger partial charge is 0.448 e. The van der Waals surface area contributed by atoms with Gasteiger partial charge in [-0.3, -0.25) is 0 Å². The number of aromatic nitrogens is 3. The second-order valence-corrected chi connectivity index (χ2v) is 8.13. The number of halogens is 1. The van der Waals surface area contributed by atoms with E-state index in [2.05, 4.69) is 66.9 Å². The predicted octanol–water partition coefficient (Wildman–Crippen LogP) is 5.25. The summed E-state index contributed by atoms with van der Waals surface area (Å²) in [7, 11) is 0. The van der Waals surface area contributed by atoms with Gasteiger partial charge >= 0.3 is 0 Å². The first-order valence-corrected chi connectivity index (χ1v) is 11.1. The van der Waals surface area contributed by atoms with Crippen molar-refractivity contribution in [2.24, 2.45) is 0 Å². The SMILES string of the molecule is CSc1ccc([C@@H]2Nc3ccc(Br)cc3-c3nnc(SC)nc3O2)cc1. The normalized spacial score (nSPS) is 15.3. The van der Waals surface area contributed by atoms with E-state index in [-0.39, 0.29) is 6.23 Å². The molecule has 3 aromatic rings. The standard InChI is InChI=1S/C18H15BrN4OS2/c1-25-12-6-3-10(4-7-12)16-20-14-8-5-11(19)9-13(14)15-17(24-16)21-18(26-2)23-22-15/h3-9,16,20H,1-2H3/t16-/m1/s1. The van der Waals surface area contributed by atoms with Gasteiger partial charge in [0.15, 0.2) is 11.9 Å². The van der Waals surface area contributed by atoms with E-state index in [4.69, 9.17) is 4.74 Å². The summed E-state index contributed by atoms with van der Waals surface area (Å²) >= 11 is 6.68. The Morgan fingerprint density at radius 1 is 1.04 bits per heavy atom. The van der Waals surface area contributed by atoms with Gasteiger partial charge in [-0.15, -0.1) is 22.0 Å². The molecule has 0 aliphatic carbocycles. The summed E-state index contributed by atoms with van der Waals surface area (Å²) in [5, 5.41) is 12.6. The summed E-state index contributed by atoms with van der Waals surface area (Å²) in [6.07, 6.45) is 3.62. The van der Waals surface area contributed by atoms with Crippen LogP contribution in [0.1, 0.15) is 11.8 Å². The summed E-state index contributed by atoms with van der Waals surface area (Å²) in [4.78, 5) is 5.75. The third-order valence-electron chi connectivity index (χ3n) is 3.99. The van der Waals surface area contributed by atoms with E-state index in [1.807, 2.05) is 24.5 Å². The fourth-order valence-corrected chi connectivity index (χ4v) is 3.75. The van der Waals surface area contributed by atoms with Gasteiger partial charge in [0, 0.05) is 26.2 Å².